The minimum Gasteiger partial charge on any atom is -0.462 e. The highest BCUT2D eigenvalue weighted by Gasteiger charge is 2.08. The Morgan fingerprint density at radius 3 is 2.80 bits per heavy atom. The lowest BCUT2D eigenvalue weighted by atomic mass is 10.2. The Balaban J connectivity index is 2.61. The van der Waals surface area contributed by atoms with E-state index in [1.807, 2.05) is 6.07 Å². The predicted molar refractivity (Wildman–Crippen MR) is 86.1 cm³/mol. The van der Waals surface area contributed by atoms with Crippen LogP contribution in [-0.4, -0.2) is 23.7 Å². The van der Waals surface area contributed by atoms with Gasteiger partial charge in [-0.1, -0.05) is 19.4 Å². The second-order valence-corrected chi connectivity index (χ2v) is 5.00. The van der Waals surface area contributed by atoms with Gasteiger partial charge in [0.1, 0.15) is 0 Å². The first-order valence-electron chi connectivity index (χ1n) is 6.91. The fourth-order valence-electron chi connectivity index (χ4n) is 1.83. The first-order chi connectivity index (χ1) is 9.56. The normalized spacial score (nSPS) is 11.6. The SMILES string of the molecule is CCCC(C)NC(=S)Nc1cccc(C(=O)OCC)c1. The summed E-state index contributed by atoms with van der Waals surface area (Å²) in [6.45, 7) is 6.38. The first kappa shape index (κ1) is 16.4. The number of ether oxygens (including phenoxy) is 1. The zero-order valence-electron chi connectivity index (χ0n) is 12.2. The Kier molecular flexibility index (Phi) is 7.01. The van der Waals surface area contributed by atoms with E-state index in [2.05, 4.69) is 24.5 Å². The molecule has 0 saturated carbocycles. The van der Waals surface area contributed by atoms with Gasteiger partial charge in [-0.15, -0.1) is 0 Å². The van der Waals surface area contributed by atoms with Crippen molar-refractivity contribution in [1.29, 1.82) is 0 Å². The van der Waals surface area contributed by atoms with Crippen LogP contribution in [0.15, 0.2) is 24.3 Å². The molecule has 0 aliphatic carbocycles. The van der Waals surface area contributed by atoms with Crippen molar-refractivity contribution in [3.8, 4) is 0 Å². The molecule has 4 nitrogen and oxygen atoms in total. The summed E-state index contributed by atoms with van der Waals surface area (Å²) >= 11 is 5.25. The summed E-state index contributed by atoms with van der Waals surface area (Å²) in [7, 11) is 0. The van der Waals surface area contributed by atoms with E-state index >= 15 is 0 Å². The lowest BCUT2D eigenvalue weighted by molar-refractivity contribution is 0.0526. The van der Waals surface area contributed by atoms with Gasteiger partial charge in [-0.3, -0.25) is 0 Å². The van der Waals surface area contributed by atoms with Crippen molar-refractivity contribution in [2.75, 3.05) is 11.9 Å². The summed E-state index contributed by atoms with van der Waals surface area (Å²) in [6, 6.07) is 7.44. The maximum absolute atomic E-state index is 11.6. The number of anilines is 1. The van der Waals surface area contributed by atoms with E-state index in [1.54, 1.807) is 25.1 Å². The molecule has 0 radical (unpaired) electrons. The Morgan fingerprint density at radius 2 is 2.15 bits per heavy atom. The quantitative estimate of drug-likeness (QED) is 0.622. The largest absolute Gasteiger partial charge is 0.462 e. The molecule has 1 rings (SSSR count). The fourth-order valence-corrected chi connectivity index (χ4v) is 2.15. The highest BCUT2D eigenvalue weighted by Crippen LogP contribution is 2.12. The number of carbonyl (C=O) groups excluding carboxylic acids is 1. The molecule has 2 N–H and O–H groups in total. The van der Waals surface area contributed by atoms with Gasteiger partial charge in [0.2, 0.25) is 0 Å². The van der Waals surface area contributed by atoms with E-state index in [9.17, 15) is 4.79 Å². The summed E-state index contributed by atoms with van der Waals surface area (Å²) in [5.74, 6) is -0.325. The zero-order valence-corrected chi connectivity index (χ0v) is 13.0. The third-order valence-corrected chi connectivity index (χ3v) is 2.95. The Hall–Kier alpha value is -1.62. The molecule has 0 heterocycles. The van der Waals surface area contributed by atoms with E-state index in [0.29, 0.717) is 23.3 Å². The van der Waals surface area contributed by atoms with Crippen LogP contribution < -0.4 is 10.6 Å². The van der Waals surface area contributed by atoms with Crippen LogP contribution in [0.25, 0.3) is 0 Å². The first-order valence-corrected chi connectivity index (χ1v) is 7.32. The highest BCUT2D eigenvalue weighted by atomic mass is 32.1. The smallest absolute Gasteiger partial charge is 0.338 e. The van der Waals surface area contributed by atoms with Crippen LogP contribution in [0.2, 0.25) is 0 Å². The molecule has 1 atom stereocenters. The summed E-state index contributed by atoms with van der Waals surface area (Å²) in [5, 5.41) is 6.85. The number of nitrogens with one attached hydrogen (secondary N) is 2. The van der Waals surface area contributed by atoms with Crippen molar-refractivity contribution in [1.82, 2.24) is 5.32 Å². The summed E-state index contributed by atoms with van der Waals surface area (Å²) in [5.41, 5.74) is 1.29. The summed E-state index contributed by atoms with van der Waals surface area (Å²) < 4.78 is 4.97. The Bertz CT molecular complexity index is 463. The molecule has 1 aromatic carbocycles. The molecule has 5 heteroatoms. The van der Waals surface area contributed by atoms with Crippen LogP contribution in [-0.2, 0) is 4.74 Å². The minimum atomic E-state index is -0.325. The molecule has 0 fully saturated rings. The van der Waals surface area contributed by atoms with Crippen LogP contribution in [0.3, 0.4) is 0 Å². The highest BCUT2D eigenvalue weighted by molar-refractivity contribution is 7.80. The summed E-state index contributed by atoms with van der Waals surface area (Å²) in [6.07, 6.45) is 2.17. The number of esters is 1. The van der Waals surface area contributed by atoms with Crippen molar-refractivity contribution < 1.29 is 9.53 Å². The topological polar surface area (TPSA) is 50.4 Å². The van der Waals surface area contributed by atoms with Gasteiger partial charge >= 0.3 is 5.97 Å². The molecular weight excluding hydrogens is 272 g/mol. The Morgan fingerprint density at radius 1 is 1.40 bits per heavy atom. The predicted octanol–water partition coefficient (Wildman–Crippen LogP) is 3.34. The van der Waals surface area contributed by atoms with Crippen LogP contribution >= 0.6 is 12.2 Å². The molecule has 1 unspecified atom stereocenters. The number of hydrogen-bond donors (Lipinski definition) is 2. The maximum Gasteiger partial charge on any atom is 0.338 e. The molecule has 0 aromatic heterocycles. The number of benzene rings is 1. The van der Waals surface area contributed by atoms with Crippen molar-refractivity contribution >= 4 is 29.0 Å². The fraction of sp³-hybridized carbons (Fsp3) is 0.467. The summed E-state index contributed by atoms with van der Waals surface area (Å²) in [4.78, 5) is 11.6. The van der Waals surface area contributed by atoms with Crippen LogP contribution in [0.1, 0.15) is 44.0 Å². The maximum atomic E-state index is 11.6. The molecule has 0 bridgehead atoms. The average molecular weight is 294 g/mol. The van der Waals surface area contributed by atoms with Gasteiger partial charge in [0, 0.05) is 11.7 Å². The van der Waals surface area contributed by atoms with Gasteiger partial charge in [-0.25, -0.2) is 4.79 Å². The monoisotopic (exact) mass is 294 g/mol. The molecule has 0 aliphatic rings. The van der Waals surface area contributed by atoms with Crippen molar-refractivity contribution in [3.05, 3.63) is 29.8 Å². The molecular formula is C15H22N2O2S. The lowest BCUT2D eigenvalue weighted by Gasteiger charge is -2.16. The molecule has 0 aliphatic heterocycles. The van der Waals surface area contributed by atoms with Gasteiger partial charge < -0.3 is 15.4 Å². The van der Waals surface area contributed by atoms with Gasteiger partial charge in [-0.05, 0) is 50.7 Å². The second-order valence-electron chi connectivity index (χ2n) is 4.59. The molecule has 0 spiro atoms. The second kappa shape index (κ2) is 8.53. The van der Waals surface area contributed by atoms with Gasteiger partial charge in [0.15, 0.2) is 5.11 Å². The number of rotatable bonds is 6. The van der Waals surface area contributed by atoms with E-state index in [4.69, 9.17) is 17.0 Å². The van der Waals surface area contributed by atoms with Gasteiger partial charge in [0.25, 0.3) is 0 Å². The van der Waals surface area contributed by atoms with Crippen LogP contribution in [0.5, 0.6) is 0 Å². The molecule has 20 heavy (non-hydrogen) atoms. The molecule has 1 aromatic rings. The lowest BCUT2D eigenvalue weighted by Crippen LogP contribution is -2.35. The Labute approximate surface area is 125 Å². The van der Waals surface area contributed by atoms with E-state index in [1.165, 1.54) is 0 Å². The van der Waals surface area contributed by atoms with Gasteiger partial charge in [0.05, 0.1) is 12.2 Å². The van der Waals surface area contributed by atoms with E-state index in [0.717, 1.165) is 18.5 Å². The van der Waals surface area contributed by atoms with E-state index in [-0.39, 0.29) is 5.97 Å². The minimum absolute atomic E-state index is 0.325. The van der Waals surface area contributed by atoms with Gasteiger partial charge in [-0.2, -0.15) is 0 Å². The number of thiocarbonyl (C=S) groups is 1. The van der Waals surface area contributed by atoms with Crippen molar-refractivity contribution in [2.24, 2.45) is 0 Å². The third kappa shape index (κ3) is 5.57. The molecule has 110 valence electrons. The molecule has 0 saturated heterocycles. The number of hydrogen-bond acceptors (Lipinski definition) is 3. The van der Waals surface area contributed by atoms with E-state index < -0.39 is 0 Å². The average Bonchev–Trinajstić information content (AvgIpc) is 2.39. The van der Waals surface area contributed by atoms with Crippen molar-refractivity contribution in [3.63, 3.8) is 0 Å². The standard InChI is InChI=1S/C15H22N2O2S/c1-4-7-11(3)16-15(20)17-13-9-6-8-12(10-13)14(18)19-5-2/h6,8-11H,4-5,7H2,1-3H3,(H2,16,17,20). The third-order valence-electron chi connectivity index (χ3n) is 2.73. The van der Waals surface area contributed by atoms with Crippen LogP contribution in [0, 0.1) is 0 Å². The van der Waals surface area contributed by atoms with Crippen LogP contribution in [0.4, 0.5) is 5.69 Å². The zero-order chi connectivity index (χ0) is 15.0. The number of carbonyl (C=O) groups is 1. The molecule has 0 amide bonds. The van der Waals surface area contributed by atoms with Crippen molar-refractivity contribution in [2.45, 2.75) is 39.7 Å².